The van der Waals surface area contributed by atoms with Gasteiger partial charge in [0.05, 0.1) is 36.0 Å². The summed E-state index contributed by atoms with van der Waals surface area (Å²) < 4.78 is 5.24. The fourth-order valence-corrected chi connectivity index (χ4v) is 3.14. The second-order valence-corrected chi connectivity index (χ2v) is 6.59. The van der Waals surface area contributed by atoms with Crippen molar-refractivity contribution in [1.82, 2.24) is 19.9 Å². The zero-order valence-corrected chi connectivity index (χ0v) is 16.3. The molecule has 29 heavy (non-hydrogen) atoms. The van der Waals surface area contributed by atoms with Crippen molar-refractivity contribution in [3.63, 3.8) is 0 Å². The maximum Gasteiger partial charge on any atom is 0.323 e. The highest BCUT2D eigenvalue weighted by atomic mass is 16.6. The van der Waals surface area contributed by atoms with Gasteiger partial charge in [0.15, 0.2) is 5.82 Å². The first-order chi connectivity index (χ1) is 14.0. The van der Waals surface area contributed by atoms with Crippen LogP contribution >= 0.6 is 0 Å². The van der Waals surface area contributed by atoms with Gasteiger partial charge >= 0.3 is 6.03 Å². The summed E-state index contributed by atoms with van der Waals surface area (Å²) in [5, 5.41) is 13.7. The van der Waals surface area contributed by atoms with Gasteiger partial charge in [-0.15, -0.1) is 0 Å². The molecular formula is C18H23N7O4. The largest absolute Gasteiger partial charge is 0.477 e. The normalized spacial score (nSPS) is 16.2. The van der Waals surface area contributed by atoms with E-state index in [4.69, 9.17) is 4.74 Å². The van der Waals surface area contributed by atoms with Crippen LogP contribution in [0.15, 0.2) is 30.7 Å². The molecule has 2 aromatic heterocycles. The molecule has 0 spiro atoms. The van der Waals surface area contributed by atoms with Crippen LogP contribution in [0.25, 0.3) is 0 Å². The standard InChI is InChI=1S/C18H23N7O4/c1-3-29-17-11-20-15(10-21-17)22-18(26)23(2)14-5-4-8-24(12-14)16-9-13(25(27)28)6-7-19-16/h6-7,9-11,14H,3-5,8,12H2,1-2H3,(H,20,22,26). The monoisotopic (exact) mass is 401 g/mol. The third kappa shape index (κ3) is 5.06. The van der Waals surface area contributed by atoms with Gasteiger partial charge in [0.1, 0.15) is 5.82 Å². The van der Waals surface area contributed by atoms with E-state index in [9.17, 15) is 14.9 Å². The number of carbonyl (C=O) groups excluding carboxylic acids is 1. The number of aromatic nitrogens is 3. The van der Waals surface area contributed by atoms with E-state index < -0.39 is 4.92 Å². The first-order valence-electron chi connectivity index (χ1n) is 9.32. The fourth-order valence-electron chi connectivity index (χ4n) is 3.14. The molecular weight excluding hydrogens is 378 g/mol. The molecule has 0 aromatic carbocycles. The van der Waals surface area contributed by atoms with Gasteiger partial charge in [0.25, 0.3) is 5.69 Å². The lowest BCUT2D eigenvalue weighted by Gasteiger charge is -2.38. The summed E-state index contributed by atoms with van der Waals surface area (Å²) in [7, 11) is 1.71. The van der Waals surface area contributed by atoms with E-state index >= 15 is 0 Å². The second kappa shape index (κ2) is 9.13. The third-order valence-corrected chi connectivity index (χ3v) is 4.68. The lowest BCUT2D eigenvalue weighted by Crippen LogP contribution is -2.50. The van der Waals surface area contributed by atoms with Crippen LogP contribution in [0.2, 0.25) is 0 Å². The molecule has 1 unspecified atom stereocenters. The number of nitro groups is 1. The van der Waals surface area contributed by atoms with E-state index in [0.29, 0.717) is 30.7 Å². The van der Waals surface area contributed by atoms with Gasteiger partial charge in [0.2, 0.25) is 5.88 Å². The quantitative estimate of drug-likeness (QED) is 0.577. The first kappa shape index (κ1) is 20.2. The maximum absolute atomic E-state index is 12.6. The SMILES string of the molecule is CCOc1cnc(NC(=O)N(C)C2CCCN(c3cc([N+](=O)[O-])ccn3)C2)cn1. The van der Waals surface area contributed by atoms with Gasteiger partial charge in [0, 0.05) is 32.4 Å². The van der Waals surface area contributed by atoms with Crippen LogP contribution < -0.4 is 15.0 Å². The molecule has 2 amide bonds. The number of pyridine rings is 1. The van der Waals surface area contributed by atoms with Crippen molar-refractivity contribution in [2.75, 3.05) is 37.0 Å². The van der Waals surface area contributed by atoms with Crippen molar-refractivity contribution < 1.29 is 14.5 Å². The molecule has 1 fully saturated rings. The minimum atomic E-state index is -0.440. The van der Waals surface area contributed by atoms with Crippen molar-refractivity contribution in [2.24, 2.45) is 0 Å². The Hall–Kier alpha value is -3.50. The van der Waals surface area contributed by atoms with E-state index in [2.05, 4.69) is 20.3 Å². The number of urea groups is 1. The summed E-state index contributed by atoms with van der Waals surface area (Å²) in [4.78, 5) is 39.2. The smallest absolute Gasteiger partial charge is 0.323 e. The average molecular weight is 401 g/mol. The predicted molar refractivity (Wildman–Crippen MR) is 106 cm³/mol. The van der Waals surface area contributed by atoms with Gasteiger partial charge in [-0.3, -0.25) is 15.4 Å². The molecule has 1 atom stereocenters. The number of hydrogen-bond acceptors (Lipinski definition) is 8. The Morgan fingerprint density at radius 3 is 2.93 bits per heavy atom. The van der Waals surface area contributed by atoms with Crippen LogP contribution in [0.3, 0.4) is 0 Å². The first-order valence-corrected chi connectivity index (χ1v) is 9.32. The number of nitrogens with zero attached hydrogens (tertiary/aromatic N) is 6. The van der Waals surface area contributed by atoms with Crippen molar-refractivity contribution in [2.45, 2.75) is 25.8 Å². The molecule has 1 N–H and O–H groups in total. The number of likely N-dealkylation sites (N-methyl/N-ethyl adjacent to an activating group) is 1. The predicted octanol–water partition coefficient (Wildman–Crippen LogP) is 2.31. The summed E-state index contributed by atoms with van der Waals surface area (Å²) in [5.41, 5.74) is -0.00250. The Morgan fingerprint density at radius 1 is 1.41 bits per heavy atom. The Morgan fingerprint density at radius 2 is 2.24 bits per heavy atom. The maximum atomic E-state index is 12.6. The third-order valence-electron chi connectivity index (χ3n) is 4.68. The van der Waals surface area contributed by atoms with Gasteiger partial charge < -0.3 is 14.5 Å². The van der Waals surface area contributed by atoms with Crippen LogP contribution in [0.1, 0.15) is 19.8 Å². The fraction of sp³-hybridized carbons (Fsp3) is 0.444. The van der Waals surface area contributed by atoms with Crippen LogP contribution in [0.5, 0.6) is 5.88 Å². The molecule has 1 aliphatic rings. The molecule has 11 nitrogen and oxygen atoms in total. The lowest BCUT2D eigenvalue weighted by molar-refractivity contribution is -0.384. The van der Waals surface area contributed by atoms with E-state index in [-0.39, 0.29) is 17.8 Å². The Kier molecular flexibility index (Phi) is 6.37. The Bertz CT molecular complexity index is 862. The molecule has 2 aromatic rings. The summed E-state index contributed by atoms with van der Waals surface area (Å²) in [6.45, 7) is 3.60. The molecule has 0 aliphatic carbocycles. The topological polar surface area (TPSA) is 127 Å². The molecule has 154 valence electrons. The summed E-state index contributed by atoms with van der Waals surface area (Å²) >= 11 is 0. The molecule has 0 bridgehead atoms. The molecule has 11 heteroatoms. The van der Waals surface area contributed by atoms with Crippen molar-refractivity contribution in [3.8, 4) is 5.88 Å². The zero-order valence-electron chi connectivity index (χ0n) is 16.3. The number of nitrogens with one attached hydrogen (secondary N) is 1. The number of rotatable bonds is 6. The van der Waals surface area contributed by atoms with Gasteiger partial charge in [-0.1, -0.05) is 0 Å². The molecule has 1 aliphatic heterocycles. The number of carbonyl (C=O) groups is 1. The Labute approximate surface area is 167 Å². The summed E-state index contributed by atoms with van der Waals surface area (Å²) in [5.74, 6) is 1.26. The second-order valence-electron chi connectivity index (χ2n) is 6.59. The summed E-state index contributed by atoms with van der Waals surface area (Å²) in [6.07, 6.45) is 5.99. The number of piperidine rings is 1. The molecule has 0 saturated carbocycles. The van der Waals surface area contributed by atoms with Gasteiger partial charge in [-0.2, -0.15) is 0 Å². The van der Waals surface area contributed by atoms with E-state index in [0.717, 1.165) is 19.4 Å². The molecule has 1 saturated heterocycles. The highest BCUT2D eigenvalue weighted by Gasteiger charge is 2.27. The highest BCUT2D eigenvalue weighted by molar-refractivity contribution is 5.88. The van der Waals surface area contributed by atoms with Crippen molar-refractivity contribution in [1.29, 1.82) is 0 Å². The Balaban J connectivity index is 1.62. The van der Waals surface area contributed by atoms with E-state index in [1.807, 2.05) is 11.8 Å². The van der Waals surface area contributed by atoms with Crippen LogP contribution in [-0.2, 0) is 0 Å². The molecule has 3 heterocycles. The number of ether oxygens (including phenoxy) is 1. The average Bonchev–Trinajstić information content (AvgIpc) is 2.75. The zero-order chi connectivity index (χ0) is 20.8. The number of anilines is 2. The van der Waals surface area contributed by atoms with Gasteiger partial charge in [-0.25, -0.2) is 19.7 Å². The van der Waals surface area contributed by atoms with Crippen molar-refractivity contribution in [3.05, 3.63) is 40.8 Å². The van der Waals surface area contributed by atoms with E-state index in [1.54, 1.807) is 11.9 Å². The lowest BCUT2D eigenvalue weighted by atomic mass is 10.0. The minimum absolute atomic E-state index is 0.00250. The molecule has 3 rings (SSSR count). The minimum Gasteiger partial charge on any atom is -0.477 e. The van der Waals surface area contributed by atoms with Crippen molar-refractivity contribution >= 4 is 23.4 Å². The highest BCUT2D eigenvalue weighted by Crippen LogP contribution is 2.23. The van der Waals surface area contributed by atoms with E-state index in [1.165, 1.54) is 30.7 Å². The summed E-state index contributed by atoms with van der Waals surface area (Å²) in [6, 6.07) is 2.45. The number of amides is 2. The van der Waals surface area contributed by atoms with Crippen LogP contribution in [0, 0.1) is 10.1 Å². The van der Waals surface area contributed by atoms with Crippen LogP contribution in [-0.4, -0.2) is 63.6 Å². The van der Waals surface area contributed by atoms with Gasteiger partial charge in [-0.05, 0) is 19.8 Å². The molecule has 0 radical (unpaired) electrons. The number of hydrogen-bond donors (Lipinski definition) is 1. The van der Waals surface area contributed by atoms with Crippen LogP contribution in [0.4, 0.5) is 22.1 Å².